The van der Waals surface area contributed by atoms with Crippen LogP contribution >= 0.6 is 19.2 Å². The molecule has 0 aliphatic rings. The number of nitro benzene ring substituents is 1. The highest BCUT2D eigenvalue weighted by molar-refractivity contribution is 7.52. The first-order valence-electron chi connectivity index (χ1n) is 6.66. The Kier molecular flexibility index (Phi) is 6.63. The minimum absolute atomic E-state index is 0.266. The number of rotatable bonds is 7. The van der Waals surface area contributed by atoms with E-state index in [1.807, 2.05) is 0 Å². The topological polar surface area (TPSA) is 102 Å². The molecule has 0 saturated carbocycles. The first kappa shape index (κ1) is 20.7. The summed E-state index contributed by atoms with van der Waals surface area (Å²) in [4.78, 5) is 19.6. The zero-order valence-corrected chi connectivity index (χ0v) is 14.3. The predicted molar refractivity (Wildman–Crippen MR) is 82.3 cm³/mol. The third kappa shape index (κ3) is 5.62. The third-order valence-electron chi connectivity index (χ3n) is 2.98. The minimum Gasteiger partial charge on any atom is -0.368 e. The first-order chi connectivity index (χ1) is 10.9. The lowest BCUT2D eigenvalue weighted by Gasteiger charge is -2.18. The van der Waals surface area contributed by atoms with Crippen LogP contribution in [0.15, 0.2) is 12.1 Å². The molecule has 0 spiro atoms. The van der Waals surface area contributed by atoms with Crippen molar-refractivity contribution in [1.29, 1.82) is 0 Å². The lowest BCUT2D eigenvalue weighted by Crippen LogP contribution is -2.12. The fraction of sp³-hybridized carbons (Fsp3) is 0.500. The normalized spacial score (nSPS) is 15.6. The lowest BCUT2D eigenvalue weighted by atomic mass is 10.1. The average Bonchev–Trinajstić information content (AvgIpc) is 2.42. The van der Waals surface area contributed by atoms with Crippen molar-refractivity contribution in [1.82, 2.24) is 0 Å². The standard InChI is InChI=1S/C12H15ClF3N2O5P/c1-3-7(2)23-24(21,22)6-17-10-5-9(13)8(12(14,15)16)4-11(10)18(19)20/h4-5,7,17H,3,6H2,1-2H3,(H,21,22). The molecule has 0 radical (unpaired) electrons. The number of alkyl halides is 3. The molecular weight excluding hydrogens is 376 g/mol. The van der Waals surface area contributed by atoms with Crippen molar-refractivity contribution in [3.63, 3.8) is 0 Å². The van der Waals surface area contributed by atoms with Gasteiger partial charge < -0.3 is 14.7 Å². The number of nitrogens with zero attached hydrogens (tertiary/aromatic N) is 1. The fourth-order valence-electron chi connectivity index (χ4n) is 1.65. The van der Waals surface area contributed by atoms with Crippen LogP contribution in [0.2, 0.25) is 5.02 Å². The highest BCUT2D eigenvalue weighted by atomic mass is 35.5. The van der Waals surface area contributed by atoms with Crippen LogP contribution in [-0.2, 0) is 15.3 Å². The molecule has 2 N–H and O–H groups in total. The molecule has 1 aromatic rings. The molecule has 0 saturated heterocycles. The second-order valence-corrected chi connectivity index (χ2v) is 7.11. The van der Waals surface area contributed by atoms with Crippen LogP contribution in [0.4, 0.5) is 24.5 Å². The summed E-state index contributed by atoms with van der Waals surface area (Å²) >= 11 is 5.50. The van der Waals surface area contributed by atoms with Crippen LogP contribution in [0.1, 0.15) is 25.8 Å². The Labute approximate surface area is 140 Å². The second kappa shape index (κ2) is 7.69. The molecule has 0 amide bonds. The van der Waals surface area contributed by atoms with Gasteiger partial charge >= 0.3 is 13.8 Å². The Morgan fingerprint density at radius 2 is 2.08 bits per heavy atom. The lowest BCUT2D eigenvalue weighted by molar-refractivity contribution is -0.384. The van der Waals surface area contributed by atoms with Gasteiger partial charge in [-0.15, -0.1) is 0 Å². The molecule has 12 heteroatoms. The summed E-state index contributed by atoms with van der Waals surface area (Å²) in [6, 6.07) is 0.953. The molecule has 2 unspecified atom stereocenters. The number of nitro groups is 1. The molecule has 0 heterocycles. The van der Waals surface area contributed by atoms with Crippen LogP contribution in [0, 0.1) is 10.1 Å². The monoisotopic (exact) mass is 390 g/mol. The van der Waals surface area contributed by atoms with Gasteiger partial charge in [0.15, 0.2) is 0 Å². The molecule has 7 nitrogen and oxygen atoms in total. The van der Waals surface area contributed by atoms with E-state index in [0.29, 0.717) is 12.5 Å². The van der Waals surface area contributed by atoms with Gasteiger partial charge in [0.2, 0.25) is 0 Å². The van der Waals surface area contributed by atoms with Crippen LogP contribution in [-0.4, -0.2) is 22.2 Å². The van der Waals surface area contributed by atoms with Crippen molar-refractivity contribution in [3.05, 3.63) is 32.8 Å². The Morgan fingerprint density at radius 1 is 1.50 bits per heavy atom. The van der Waals surface area contributed by atoms with Gasteiger partial charge in [-0.25, -0.2) is 0 Å². The average molecular weight is 391 g/mol. The van der Waals surface area contributed by atoms with E-state index in [1.54, 1.807) is 13.8 Å². The maximum Gasteiger partial charge on any atom is 0.418 e. The summed E-state index contributed by atoms with van der Waals surface area (Å²) in [5.41, 5.74) is -2.71. The quantitative estimate of drug-likeness (QED) is 0.399. The second-order valence-electron chi connectivity index (χ2n) is 4.90. The minimum atomic E-state index is -4.87. The highest BCUT2D eigenvalue weighted by Gasteiger charge is 2.36. The van der Waals surface area contributed by atoms with Gasteiger partial charge in [-0.1, -0.05) is 18.5 Å². The van der Waals surface area contributed by atoms with Gasteiger partial charge in [-0.2, -0.15) is 13.2 Å². The van der Waals surface area contributed by atoms with E-state index in [-0.39, 0.29) is 6.07 Å². The van der Waals surface area contributed by atoms with Crippen molar-refractivity contribution in [2.75, 3.05) is 11.6 Å². The van der Waals surface area contributed by atoms with E-state index in [4.69, 9.17) is 16.1 Å². The summed E-state index contributed by atoms with van der Waals surface area (Å²) < 4.78 is 55.0. The van der Waals surface area contributed by atoms with Gasteiger partial charge in [-0.3, -0.25) is 14.7 Å². The van der Waals surface area contributed by atoms with Crippen LogP contribution in [0.5, 0.6) is 0 Å². The largest absolute Gasteiger partial charge is 0.418 e. The van der Waals surface area contributed by atoms with Gasteiger partial charge in [0.25, 0.3) is 5.69 Å². The smallest absolute Gasteiger partial charge is 0.368 e. The SMILES string of the molecule is CCC(C)OP(=O)(O)CNc1cc(Cl)c(C(F)(F)F)cc1[N+](=O)[O-]. The molecule has 24 heavy (non-hydrogen) atoms. The molecule has 1 aromatic carbocycles. The van der Waals surface area contributed by atoms with Gasteiger partial charge in [0, 0.05) is 6.07 Å². The van der Waals surface area contributed by atoms with Crippen LogP contribution in [0.25, 0.3) is 0 Å². The Morgan fingerprint density at radius 3 is 2.54 bits per heavy atom. The van der Waals surface area contributed by atoms with Crippen molar-refractivity contribution in [3.8, 4) is 0 Å². The van der Waals surface area contributed by atoms with E-state index in [2.05, 4.69) is 5.32 Å². The Hall–Kier alpha value is -1.35. The Balaban J connectivity index is 3.10. The zero-order valence-electron chi connectivity index (χ0n) is 12.6. The number of halogens is 4. The Bertz CT molecular complexity index is 671. The van der Waals surface area contributed by atoms with Gasteiger partial charge in [0.05, 0.1) is 21.6 Å². The fourth-order valence-corrected chi connectivity index (χ4v) is 3.08. The number of hydrogen-bond acceptors (Lipinski definition) is 5. The molecule has 0 aromatic heterocycles. The molecule has 0 fully saturated rings. The summed E-state index contributed by atoms with van der Waals surface area (Å²) in [7, 11) is -4.14. The van der Waals surface area contributed by atoms with Gasteiger partial charge in [0.1, 0.15) is 12.0 Å². The van der Waals surface area contributed by atoms with Crippen LogP contribution < -0.4 is 5.32 Å². The molecule has 0 aliphatic carbocycles. The molecule has 0 aliphatic heterocycles. The molecule has 2 atom stereocenters. The molecule has 0 bridgehead atoms. The maximum atomic E-state index is 12.7. The van der Waals surface area contributed by atoms with E-state index in [9.17, 15) is 32.7 Å². The first-order valence-corrected chi connectivity index (χ1v) is 8.80. The molecular formula is C12H15ClF3N2O5P. The molecule has 136 valence electrons. The van der Waals surface area contributed by atoms with E-state index >= 15 is 0 Å². The van der Waals surface area contributed by atoms with E-state index < -0.39 is 53.0 Å². The number of hydrogen-bond donors (Lipinski definition) is 2. The summed E-state index contributed by atoms with van der Waals surface area (Å²) in [6.07, 6.45) is -5.67. The van der Waals surface area contributed by atoms with Crippen LogP contribution in [0.3, 0.4) is 0 Å². The summed E-state index contributed by atoms with van der Waals surface area (Å²) in [5, 5.41) is 12.4. The van der Waals surface area contributed by atoms with E-state index in [1.165, 1.54) is 0 Å². The van der Waals surface area contributed by atoms with Crippen molar-refractivity contribution in [2.45, 2.75) is 32.5 Å². The zero-order chi connectivity index (χ0) is 18.7. The highest BCUT2D eigenvalue weighted by Crippen LogP contribution is 2.45. The van der Waals surface area contributed by atoms with Crippen molar-refractivity contribution >= 4 is 30.6 Å². The number of benzene rings is 1. The van der Waals surface area contributed by atoms with Crippen molar-refractivity contribution in [2.24, 2.45) is 0 Å². The number of anilines is 1. The summed E-state index contributed by atoms with van der Waals surface area (Å²) in [6.45, 7) is 3.28. The third-order valence-corrected chi connectivity index (χ3v) is 4.54. The van der Waals surface area contributed by atoms with E-state index in [0.717, 1.165) is 0 Å². The summed E-state index contributed by atoms with van der Waals surface area (Å²) in [5.74, 6) is 0. The van der Waals surface area contributed by atoms with Gasteiger partial charge in [-0.05, 0) is 19.4 Å². The maximum absolute atomic E-state index is 12.7. The number of nitrogens with one attached hydrogen (secondary N) is 1. The van der Waals surface area contributed by atoms with Crippen molar-refractivity contribution < 1.29 is 32.1 Å². The molecule has 1 rings (SSSR count). The predicted octanol–water partition coefficient (Wildman–Crippen LogP) is 4.64.